The lowest BCUT2D eigenvalue weighted by atomic mass is 9.80. The fourth-order valence-corrected chi connectivity index (χ4v) is 2.99. The van der Waals surface area contributed by atoms with Crippen molar-refractivity contribution in [1.29, 1.82) is 0 Å². The quantitative estimate of drug-likeness (QED) is 0.847. The first kappa shape index (κ1) is 16.7. The van der Waals surface area contributed by atoms with Crippen LogP contribution in [0.4, 0.5) is 4.39 Å². The zero-order chi connectivity index (χ0) is 16.8. The van der Waals surface area contributed by atoms with Crippen LogP contribution in [0.1, 0.15) is 76.8 Å². The summed E-state index contributed by atoms with van der Waals surface area (Å²) in [6.45, 7) is 9.75. The molecule has 2 fully saturated rings. The molecule has 0 unspecified atom stereocenters. The van der Waals surface area contributed by atoms with E-state index < -0.39 is 18.3 Å². The molecule has 1 aromatic rings. The number of nitrogens with one attached hydrogen (secondary N) is 1. The van der Waals surface area contributed by atoms with Crippen molar-refractivity contribution in [3.8, 4) is 0 Å². The van der Waals surface area contributed by atoms with Gasteiger partial charge in [0.25, 0.3) is 0 Å². The van der Waals surface area contributed by atoms with E-state index in [0.717, 1.165) is 36.2 Å². The fourth-order valence-electron chi connectivity index (χ4n) is 2.99. The van der Waals surface area contributed by atoms with Gasteiger partial charge in [0.15, 0.2) is 0 Å². The van der Waals surface area contributed by atoms with Crippen LogP contribution in [0.5, 0.6) is 0 Å². The molecule has 0 spiro atoms. The van der Waals surface area contributed by atoms with E-state index >= 15 is 0 Å². The van der Waals surface area contributed by atoms with Crippen LogP contribution >= 0.6 is 0 Å². The largest absolute Gasteiger partial charge is 0.525 e. The molecule has 0 bridgehead atoms. The van der Waals surface area contributed by atoms with Crippen LogP contribution in [-0.2, 0) is 15.7 Å². The number of rotatable bonds is 4. The van der Waals surface area contributed by atoms with E-state index in [1.165, 1.54) is 6.42 Å². The van der Waals surface area contributed by atoms with E-state index in [9.17, 15) is 4.39 Å². The van der Waals surface area contributed by atoms with Gasteiger partial charge in [-0.05, 0) is 53.0 Å². The molecular weight excluding hydrogens is 294 g/mol. The van der Waals surface area contributed by atoms with Crippen molar-refractivity contribution in [3.05, 3.63) is 22.7 Å². The molecule has 1 N–H and O–H groups in total. The first-order valence-electron chi connectivity index (χ1n) is 8.55. The minimum Gasteiger partial charge on any atom is -0.398 e. The Morgan fingerprint density at radius 2 is 1.91 bits per heavy atom. The topological polar surface area (TPSA) is 47.1 Å². The Morgan fingerprint density at radius 3 is 2.39 bits per heavy atom. The van der Waals surface area contributed by atoms with Gasteiger partial charge in [0.1, 0.15) is 5.73 Å². The molecule has 2 aliphatic rings. The van der Waals surface area contributed by atoms with Crippen LogP contribution in [0, 0.1) is 0 Å². The van der Waals surface area contributed by atoms with Gasteiger partial charge in [0.2, 0.25) is 0 Å². The third-order valence-corrected chi connectivity index (χ3v) is 5.52. The average molecular weight is 320 g/mol. The number of H-pyrrole nitrogens is 1. The predicted octanol–water partition coefficient (Wildman–Crippen LogP) is 4.18. The van der Waals surface area contributed by atoms with Crippen LogP contribution in [-0.4, -0.2) is 28.5 Å². The van der Waals surface area contributed by atoms with Crippen molar-refractivity contribution in [2.24, 2.45) is 0 Å². The lowest BCUT2D eigenvalue weighted by Crippen LogP contribution is -2.41. The summed E-state index contributed by atoms with van der Waals surface area (Å²) in [6, 6.07) is 0. The summed E-state index contributed by atoms with van der Waals surface area (Å²) in [5.74, 6) is 0.448. The maximum atomic E-state index is 14.8. The summed E-state index contributed by atoms with van der Waals surface area (Å²) >= 11 is 0. The van der Waals surface area contributed by atoms with Crippen LogP contribution in [0.15, 0.2) is 5.73 Å². The second-order valence-electron chi connectivity index (χ2n) is 7.60. The highest BCUT2D eigenvalue weighted by molar-refractivity contribution is 6.54. The summed E-state index contributed by atoms with van der Waals surface area (Å²) in [6.07, 6.45) is 5.84. The normalized spacial score (nSPS) is 24.1. The second kappa shape index (κ2) is 5.74. The highest BCUT2D eigenvalue weighted by Gasteiger charge is 2.53. The molecule has 1 aromatic heterocycles. The molecule has 0 amide bonds. The van der Waals surface area contributed by atoms with Crippen LogP contribution in [0.3, 0.4) is 0 Å². The highest BCUT2D eigenvalue weighted by Crippen LogP contribution is 2.41. The Morgan fingerprint density at radius 1 is 1.30 bits per heavy atom. The zero-order valence-corrected chi connectivity index (χ0v) is 14.7. The number of aryl methyl sites for hydroxylation is 1. The highest BCUT2D eigenvalue weighted by atomic mass is 19.1. The summed E-state index contributed by atoms with van der Waals surface area (Å²) in [4.78, 5) is 0. The molecule has 3 rings (SSSR count). The number of aromatic nitrogens is 2. The smallest absolute Gasteiger partial charge is 0.398 e. The molecule has 1 saturated heterocycles. The van der Waals surface area contributed by atoms with Crippen molar-refractivity contribution in [2.45, 2.75) is 77.4 Å². The van der Waals surface area contributed by atoms with Gasteiger partial charge >= 0.3 is 7.12 Å². The molecule has 1 saturated carbocycles. The van der Waals surface area contributed by atoms with E-state index in [1.54, 1.807) is 6.08 Å². The van der Waals surface area contributed by atoms with Gasteiger partial charge in [-0.1, -0.05) is 13.3 Å². The van der Waals surface area contributed by atoms with Crippen LogP contribution in [0.2, 0.25) is 0 Å². The fraction of sp³-hybridized carbons (Fsp3) is 0.706. The van der Waals surface area contributed by atoms with Crippen LogP contribution in [0.25, 0.3) is 6.08 Å². The minimum atomic E-state index is -0.950. The van der Waals surface area contributed by atoms with Crippen LogP contribution < -0.4 is 0 Å². The standard InChI is InChI=1S/C17H26BFN2O2/c1-6-13-12(15(21-20-13)11-8-7-9-11)10-14(19)18-22-16(2,3)17(4,5)23-18/h10-11H,6-9H2,1-5H3,(H,20,21). The summed E-state index contributed by atoms with van der Waals surface area (Å²) < 4.78 is 26.4. The predicted molar refractivity (Wildman–Crippen MR) is 89.7 cm³/mol. The van der Waals surface area contributed by atoms with E-state index in [2.05, 4.69) is 10.2 Å². The number of nitrogens with zero attached hydrogens (tertiary/aromatic N) is 1. The van der Waals surface area contributed by atoms with Gasteiger partial charge in [0.05, 0.1) is 16.9 Å². The SMILES string of the molecule is CCc1[nH]nc(C2CCC2)c1C=C(F)B1OC(C)(C)C(C)(C)O1. The second-order valence-corrected chi connectivity index (χ2v) is 7.60. The number of hydrogen-bond donors (Lipinski definition) is 1. The lowest BCUT2D eigenvalue weighted by Gasteiger charge is -2.32. The lowest BCUT2D eigenvalue weighted by molar-refractivity contribution is 0.00578. The molecular formula is C17H26BFN2O2. The van der Waals surface area contributed by atoms with Crippen molar-refractivity contribution in [3.63, 3.8) is 0 Å². The summed E-state index contributed by atoms with van der Waals surface area (Å²) in [5.41, 5.74) is 1.37. The molecule has 4 nitrogen and oxygen atoms in total. The summed E-state index contributed by atoms with van der Waals surface area (Å²) in [7, 11) is -0.950. The van der Waals surface area contributed by atoms with E-state index in [1.807, 2.05) is 34.6 Å². The maximum Gasteiger partial charge on any atom is 0.525 e. The molecule has 1 aliphatic carbocycles. The molecule has 126 valence electrons. The Hall–Kier alpha value is -1.14. The van der Waals surface area contributed by atoms with E-state index in [0.29, 0.717) is 5.92 Å². The van der Waals surface area contributed by atoms with E-state index in [4.69, 9.17) is 9.31 Å². The minimum absolute atomic E-state index is 0.389. The number of halogens is 1. The first-order chi connectivity index (χ1) is 10.7. The molecule has 0 aromatic carbocycles. The van der Waals surface area contributed by atoms with Crippen molar-refractivity contribution >= 4 is 13.2 Å². The van der Waals surface area contributed by atoms with Gasteiger partial charge in [-0.25, -0.2) is 4.39 Å². The maximum absolute atomic E-state index is 14.8. The van der Waals surface area contributed by atoms with E-state index in [-0.39, 0.29) is 5.73 Å². The Kier molecular flexibility index (Phi) is 4.17. The molecule has 23 heavy (non-hydrogen) atoms. The Labute approximate surface area is 138 Å². The van der Waals surface area contributed by atoms with Gasteiger partial charge in [-0.15, -0.1) is 0 Å². The third kappa shape index (κ3) is 2.87. The molecule has 0 atom stereocenters. The molecule has 2 heterocycles. The van der Waals surface area contributed by atoms with Gasteiger partial charge in [0, 0.05) is 17.2 Å². The molecule has 0 radical (unpaired) electrons. The average Bonchev–Trinajstić information content (AvgIpc) is 2.87. The Bertz CT molecular complexity index is 604. The van der Waals surface area contributed by atoms with Crippen molar-refractivity contribution in [2.75, 3.05) is 0 Å². The molecule has 1 aliphatic heterocycles. The van der Waals surface area contributed by atoms with Crippen molar-refractivity contribution in [1.82, 2.24) is 10.2 Å². The van der Waals surface area contributed by atoms with Crippen molar-refractivity contribution < 1.29 is 13.7 Å². The molecule has 6 heteroatoms. The summed E-state index contributed by atoms with van der Waals surface area (Å²) in [5, 5.41) is 7.49. The van der Waals surface area contributed by atoms with Gasteiger partial charge in [-0.3, -0.25) is 5.10 Å². The Balaban J connectivity index is 1.88. The van der Waals surface area contributed by atoms with Gasteiger partial charge < -0.3 is 9.31 Å². The number of aromatic amines is 1. The third-order valence-electron chi connectivity index (χ3n) is 5.52. The first-order valence-corrected chi connectivity index (χ1v) is 8.55. The van der Waals surface area contributed by atoms with Gasteiger partial charge in [-0.2, -0.15) is 5.10 Å². The monoisotopic (exact) mass is 320 g/mol. The zero-order valence-electron chi connectivity index (χ0n) is 14.7. The number of hydrogen-bond acceptors (Lipinski definition) is 3.